The lowest BCUT2D eigenvalue weighted by molar-refractivity contribution is 0.0378. The Labute approximate surface area is 195 Å². The average Bonchev–Trinajstić information content (AvgIpc) is 2.77. The number of aromatic nitrogens is 1. The van der Waals surface area contributed by atoms with Gasteiger partial charge in [0.1, 0.15) is 17.6 Å². The van der Waals surface area contributed by atoms with Gasteiger partial charge >= 0.3 is 0 Å². The summed E-state index contributed by atoms with van der Waals surface area (Å²) >= 11 is 12.7. The van der Waals surface area contributed by atoms with Crippen molar-refractivity contribution in [3.8, 4) is 5.69 Å². The van der Waals surface area contributed by atoms with Crippen molar-refractivity contribution in [1.29, 1.82) is 0 Å². The van der Waals surface area contributed by atoms with E-state index in [1.165, 1.54) is 16.7 Å². The molecule has 0 spiro atoms. The molecule has 4 rings (SSSR count). The molecule has 166 valence electrons. The van der Waals surface area contributed by atoms with E-state index in [0.29, 0.717) is 21.3 Å². The van der Waals surface area contributed by atoms with Crippen molar-refractivity contribution in [3.05, 3.63) is 97.6 Å². The van der Waals surface area contributed by atoms with Gasteiger partial charge in [-0.2, -0.15) is 0 Å². The minimum atomic E-state index is -0.425. The van der Waals surface area contributed by atoms with Crippen molar-refractivity contribution in [2.75, 3.05) is 13.1 Å². The Bertz CT molecular complexity index is 1200. The van der Waals surface area contributed by atoms with E-state index in [9.17, 15) is 9.18 Å². The topological polar surface area (TPSA) is 55.6 Å². The van der Waals surface area contributed by atoms with E-state index >= 15 is 0 Å². The summed E-state index contributed by atoms with van der Waals surface area (Å²) in [4.78, 5) is 18.4. The number of piperidine rings is 1. The first kappa shape index (κ1) is 22.5. The van der Waals surface area contributed by atoms with Gasteiger partial charge in [-0.3, -0.25) is 9.36 Å². The second-order valence-corrected chi connectivity index (χ2v) is 8.49. The van der Waals surface area contributed by atoms with Gasteiger partial charge in [0.2, 0.25) is 0 Å². The SMILES string of the molecule is Cc1ccc(/C(=N\OC2CCNCC2)c2ccc(=O)n(-c3c(Cl)cccc3Cl)c2)c(F)c1. The summed E-state index contributed by atoms with van der Waals surface area (Å²) in [6.07, 6.45) is 3.10. The molecule has 1 saturated heterocycles. The van der Waals surface area contributed by atoms with Crippen molar-refractivity contribution < 1.29 is 9.23 Å². The molecule has 0 aliphatic carbocycles. The second kappa shape index (κ2) is 9.86. The maximum Gasteiger partial charge on any atom is 0.255 e. The molecule has 0 unspecified atom stereocenters. The van der Waals surface area contributed by atoms with Crippen LogP contribution < -0.4 is 10.9 Å². The molecule has 0 saturated carbocycles. The van der Waals surface area contributed by atoms with E-state index in [4.69, 9.17) is 28.0 Å². The maximum atomic E-state index is 14.9. The van der Waals surface area contributed by atoms with Crippen LogP contribution in [0, 0.1) is 12.7 Å². The predicted molar refractivity (Wildman–Crippen MR) is 126 cm³/mol. The Morgan fingerprint density at radius 3 is 2.53 bits per heavy atom. The number of oxime groups is 1. The molecule has 1 fully saturated rings. The number of rotatable bonds is 5. The van der Waals surface area contributed by atoms with Gasteiger partial charge in [0.25, 0.3) is 5.56 Å². The number of halogens is 3. The summed E-state index contributed by atoms with van der Waals surface area (Å²) in [7, 11) is 0. The van der Waals surface area contributed by atoms with Crippen LogP contribution in [0.4, 0.5) is 4.39 Å². The molecule has 3 aromatic rings. The number of para-hydroxylation sites is 1. The zero-order valence-corrected chi connectivity index (χ0v) is 19.0. The fourth-order valence-electron chi connectivity index (χ4n) is 3.62. The lowest BCUT2D eigenvalue weighted by Crippen LogP contribution is -2.31. The van der Waals surface area contributed by atoms with Crippen LogP contribution >= 0.6 is 23.2 Å². The van der Waals surface area contributed by atoms with Crippen LogP contribution in [0.3, 0.4) is 0 Å². The Hall–Kier alpha value is -2.67. The van der Waals surface area contributed by atoms with Gasteiger partial charge in [-0.25, -0.2) is 4.39 Å². The number of hydrogen-bond donors (Lipinski definition) is 1. The van der Waals surface area contributed by atoms with E-state index in [1.54, 1.807) is 42.6 Å². The smallest absolute Gasteiger partial charge is 0.255 e. The monoisotopic (exact) mass is 473 g/mol. The summed E-state index contributed by atoms with van der Waals surface area (Å²) in [5.74, 6) is -0.425. The molecule has 0 amide bonds. The van der Waals surface area contributed by atoms with Crippen molar-refractivity contribution in [2.45, 2.75) is 25.9 Å². The molecule has 1 N–H and O–H groups in total. The number of nitrogens with one attached hydrogen (secondary N) is 1. The van der Waals surface area contributed by atoms with E-state index < -0.39 is 5.82 Å². The first-order valence-electron chi connectivity index (χ1n) is 10.3. The van der Waals surface area contributed by atoms with Gasteiger partial charge in [-0.05, 0) is 68.8 Å². The van der Waals surface area contributed by atoms with Gasteiger partial charge in [-0.15, -0.1) is 0 Å². The van der Waals surface area contributed by atoms with Crippen molar-refractivity contribution >= 4 is 28.9 Å². The first-order chi connectivity index (χ1) is 15.4. The summed E-state index contributed by atoms with van der Waals surface area (Å²) in [5.41, 5.74) is 1.88. The minimum absolute atomic E-state index is 0.0660. The molecule has 8 heteroatoms. The van der Waals surface area contributed by atoms with Gasteiger partial charge in [-0.1, -0.05) is 40.5 Å². The van der Waals surface area contributed by atoms with Crippen molar-refractivity contribution in [1.82, 2.24) is 9.88 Å². The quantitative estimate of drug-likeness (QED) is 0.413. The van der Waals surface area contributed by atoms with Gasteiger partial charge in [0.05, 0.1) is 15.7 Å². The molecule has 32 heavy (non-hydrogen) atoms. The molecule has 0 atom stereocenters. The minimum Gasteiger partial charge on any atom is -0.392 e. The molecule has 2 heterocycles. The predicted octanol–water partition coefficient (Wildman–Crippen LogP) is 5.11. The molecular weight excluding hydrogens is 452 g/mol. The van der Waals surface area contributed by atoms with Crippen LogP contribution in [-0.4, -0.2) is 29.5 Å². The zero-order chi connectivity index (χ0) is 22.7. The average molecular weight is 474 g/mol. The summed E-state index contributed by atoms with van der Waals surface area (Å²) in [6.45, 7) is 3.49. The van der Waals surface area contributed by atoms with E-state index in [0.717, 1.165) is 31.5 Å². The Balaban J connectivity index is 1.83. The third-order valence-corrected chi connectivity index (χ3v) is 5.93. The summed E-state index contributed by atoms with van der Waals surface area (Å²) < 4.78 is 16.3. The maximum absolute atomic E-state index is 14.9. The number of aryl methyl sites for hydroxylation is 1. The fourth-order valence-corrected chi connectivity index (χ4v) is 4.20. The fraction of sp³-hybridized carbons (Fsp3) is 0.250. The molecule has 0 bridgehead atoms. The van der Waals surface area contributed by atoms with E-state index in [-0.39, 0.29) is 22.9 Å². The summed E-state index contributed by atoms with van der Waals surface area (Å²) in [6, 6.07) is 12.9. The Morgan fingerprint density at radius 2 is 1.84 bits per heavy atom. The standard InChI is InChI=1S/C24H22Cl2FN3O2/c1-15-5-7-18(21(27)13-15)23(29-32-17-9-11-28-12-10-17)16-6-8-22(31)30(14-16)24-19(25)3-2-4-20(24)26/h2-8,13-14,17,28H,9-12H2,1H3/b29-23-. The third kappa shape index (κ3) is 4.88. The van der Waals surface area contributed by atoms with Crippen LogP contribution in [0.2, 0.25) is 10.0 Å². The van der Waals surface area contributed by atoms with Crippen molar-refractivity contribution in [2.24, 2.45) is 5.16 Å². The molecule has 0 radical (unpaired) electrons. The number of benzene rings is 2. The van der Waals surface area contributed by atoms with Crippen LogP contribution in [0.5, 0.6) is 0 Å². The summed E-state index contributed by atoms with van der Waals surface area (Å²) in [5, 5.41) is 8.27. The van der Waals surface area contributed by atoms with E-state index in [1.807, 2.05) is 6.92 Å². The van der Waals surface area contributed by atoms with Crippen LogP contribution in [0.1, 0.15) is 29.5 Å². The first-order valence-corrected chi connectivity index (χ1v) is 11.1. The van der Waals surface area contributed by atoms with Crippen LogP contribution in [-0.2, 0) is 4.84 Å². The van der Waals surface area contributed by atoms with Gasteiger partial charge in [0, 0.05) is 23.4 Å². The van der Waals surface area contributed by atoms with Gasteiger partial charge < -0.3 is 10.2 Å². The Morgan fingerprint density at radius 1 is 1.12 bits per heavy atom. The number of pyridine rings is 1. The van der Waals surface area contributed by atoms with Crippen LogP contribution in [0.25, 0.3) is 5.69 Å². The number of nitrogens with zero attached hydrogens (tertiary/aromatic N) is 2. The number of hydrogen-bond acceptors (Lipinski definition) is 4. The normalized spacial score (nSPS) is 15.1. The highest BCUT2D eigenvalue weighted by atomic mass is 35.5. The molecule has 1 aliphatic rings. The van der Waals surface area contributed by atoms with E-state index in [2.05, 4.69) is 10.5 Å². The van der Waals surface area contributed by atoms with Crippen molar-refractivity contribution in [3.63, 3.8) is 0 Å². The zero-order valence-electron chi connectivity index (χ0n) is 17.4. The molecule has 1 aliphatic heterocycles. The highest BCUT2D eigenvalue weighted by Crippen LogP contribution is 2.28. The molecule has 5 nitrogen and oxygen atoms in total. The highest BCUT2D eigenvalue weighted by molar-refractivity contribution is 6.37. The third-order valence-electron chi connectivity index (χ3n) is 5.32. The highest BCUT2D eigenvalue weighted by Gasteiger charge is 2.19. The lowest BCUT2D eigenvalue weighted by atomic mass is 10.0. The second-order valence-electron chi connectivity index (χ2n) is 7.67. The Kier molecular flexibility index (Phi) is 6.94. The largest absolute Gasteiger partial charge is 0.392 e. The lowest BCUT2D eigenvalue weighted by Gasteiger charge is -2.21. The van der Waals surface area contributed by atoms with Crippen LogP contribution in [0.15, 0.2) is 64.7 Å². The molecule has 1 aromatic heterocycles. The molecule has 2 aromatic carbocycles. The molecular formula is C24H22Cl2FN3O2. The van der Waals surface area contributed by atoms with Gasteiger partial charge in [0.15, 0.2) is 0 Å².